The van der Waals surface area contributed by atoms with Gasteiger partial charge in [-0.25, -0.2) is 0 Å². The van der Waals surface area contributed by atoms with Gasteiger partial charge < -0.3 is 14.8 Å². The Balaban J connectivity index is 1.28. The number of carbonyl (C=O) groups excluding carboxylic acids is 1. The van der Waals surface area contributed by atoms with Crippen molar-refractivity contribution in [2.45, 2.75) is 24.3 Å². The monoisotopic (exact) mass is 493 g/mol. The molecule has 2 heterocycles. The number of morpholine rings is 1. The average Bonchev–Trinajstić information content (AvgIpc) is 3.30. The number of ether oxygens (including phenoxy) is 2. The fourth-order valence-corrected chi connectivity index (χ4v) is 4.72. The van der Waals surface area contributed by atoms with Crippen molar-refractivity contribution in [1.82, 2.24) is 25.0 Å². The zero-order chi connectivity index (χ0) is 24.5. The van der Waals surface area contributed by atoms with Crippen LogP contribution in [0, 0.1) is 0 Å². The Hall–Kier alpha value is -3.14. The zero-order valence-electron chi connectivity index (χ0n) is 19.9. The first kappa shape index (κ1) is 25.0. The van der Waals surface area contributed by atoms with Gasteiger partial charge in [0.15, 0.2) is 11.0 Å². The van der Waals surface area contributed by atoms with E-state index in [1.165, 1.54) is 17.3 Å². The van der Waals surface area contributed by atoms with Crippen molar-refractivity contribution in [3.63, 3.8) is 0 Å². The first-order valence-electron chi connectivity index (χ1n) is 11.6. The molecule has 184 valence electrons. The summed E-state index contributed by atoms with van der Waals surface area (Å²) in [7, 11) is 1.64. The number of nitrogens with one attached hydrogen (secondary N) is 1. The highest BCUT2D eigenvalue weighted by atomic mass is 32.2. The van der Waals surface area contributed by atoms with Crippen LogP contribution in [0.1, 0.15) is 5.56 Å². The lowest BCUT2D eigenvalue weighted by Gasteiger charge is -2.33. The quantitative estimate of drug-likeness (QED) is 0.324. The minimum Gasteiger partial charge on any atom is -0.497 e. The molecule has 0 spiro atoms. The van der Waals surface area contributed by atoms with Gasteiger partial charge in [0.05, 0.1) is 25.6 Å². The number of amides is 1. The first-order valence-corrected chi connectivity index (χ1v) is 12.6. The summed E-state index contributed by atoms with van der Waals surface area (Å²) in [4.78, 5) is 14.9. The van der Waals surface area contributed by atoms with E-state index in [-0.39, 0.29) is 17.8 Å². The lowest BCUT2D eigenvalue weighted by molar-refractivity contribution is -0.119. The largest absolute Gasteiger partial charge is 0.497 e. The minimum atomic E-state index is -0.0575. The summed E-state index contributed by atoms with van der Waals surface area (Å²) in [5, 5.41) is 12.3. The summed E-state index contributed by atoms with van der Waals surface area (Å²) in [6, 6.07) is 18.1. The van der Waals surface area contributed by atoms with Crippen LogP contribution >= 0.6 is 11.8 Å². The van der Waals surface area contributed by atoms with Crippen molar-refractivity contribution < 1.29 is 14.3 Å². The Bertz CT molecular complexity index is 1100. The van der Waals surface area contributed by atoms with Crippen molar-refractivity contribution >= 4 is 17.7 Å². The Kier molecular flexibility index (Phi) is 8.94. The minimum absolute atomic E-state index is 0.0208. The normalized spacial score (nSPS) is 16.1. The molecular formula is C26H31N5O3S. The number of carbonyl (C=O) groups is 1. The van der Waals surface area contributed by atoms with E-state index in [9.17, 15) is 4.79 Å². The van der Waals surface area contributed by atoms with Crippen LogP contribution in [0.15, 0.2) is 72.4 Å². The van der Waals surface area contributed by atoms with Crippen LogP contribution < -0.4 is 10.1 Å². The van der Waals surface area contributed by atoms with E-state index in [0.717, 1.165) is 36.8 Å². The number of rotatable bonds is 11. The van der Waals surface area contributed by atoms with Gasteiger partial charge in [-0.3, -0.25) is 14.3 Å². The molecule has 1 unspecified atom stereocenters. The Morgan fingerprint density at radius 3 is 2.77 bits per heavy atom. The van der Waals surface area contributed by atoms with Gasteiger partial charge >= 0.3 is 0 Å². The van der Waals surface area contributed by atoms with Crippen molar-refractivity contribution in [2.75, 3.05) is 39.1 Å². The van der Waals surface area contributed by atoms with Gasteiger partial charge in [0.1, 0.15) is 5.75 Å². The number of nitrogens with zero attached hydrogens (tertiary/aromatic N) is 4. The van der Waals surface area contributed by atoms with Gasteiger partial charge in [0.25, 0.3) is 0 Å². The molecule has 35 heavy (non-hydrogen) atoms. The topological polar surface area (TPSA) is 81.5 Å². The molecule has 1 aromatic heterocycles. The molecule has 3 aromatic rings. The molecule has 0 saturated carbocycles. The Labute approximate surface area is 210 Å². The van der Waals surface area contributed by atoms with Crippen LogP contribution in [0.3, 0.4) is 0 Å². The maximum absolute atomic E-state index is 12.6. The van der Waals surface area contributed by atoms with Gasteiger partial charge in [-0.1, -0.05) is 48.2 Å². The van der Waals surface area contributed by atoms with Gasteiger partial charge in [0.2, 0.25) is 5.91 Å². The van der Waals surface area contributed by atoms with Crippen molar-refractivity contribution in [1.29, 1.82) is 0 Å². The van der Waals surface area contributed by atoms with E-state index >= 15 is 0 Å². The number of benzene rings is 2. The third-order valence-electron chi connectivity index (χ3n) is 5.71. The van der Waals surface area contributed by atoms with Crippen LogP contribution in [0.4, 0.5) is 0 Å². The molecule has 2 aromatic carbocycles. The smallest absolute Gasteiger partial charge is 0.230 e. The molecule has 0 aliphatic carbocycles. The summed E-state index contributed by atoms with van der Waals surface area (Å²) in [5.74, 6) is 1.70. The lowest BCUT2D eigenvalue weighted by atomic mass is 10.2. The molecule has 1 saturated heterocycles. The van der Waals surface area contributed by atoms with Gasteiger partial charge in [-0.15, -0.1) is 16.8 Å². The summed E-state index contributed by atoms with van der Waals surface area (Å²) in [6.45, 7) is 8.12. The Morgan fingerprint density at radius 1 is 1.23 bits per heavy atom. The van der Waals surface area contributed by atoms with Gasteiger partial charge in [-0.05, 0) is 29.8 Å². The van der Waals surface area contributed by atoms with E-state index in [1.54, 1.807) is 13.2 Å². The molecule has 1 aliphatic heterocycles. The second-order valence-corrected chi connectivity index (χ2v) is 9.18. The molecule has 9 heteroatoms. The zero-order valence-corrected chi connectivity index (χ0v) is 20.7. The van der Waals surface area contributed by atoms with Crippen LogP contribution in [-0.4, -0.2) is 70.8 Å². The lowest BCUT2D eigenvalue weighted by Crippen LogP contribution is -2.47. The Morgan fingerprint density at radius 2 is 2.03 bits per heavy atom. The summed E-state index contributed by atoms with van der Waals surface area (Å²) >= 11 is 1.36. The number of hydrogen-bond acceptors (Lipinski definition) is 7. The third kappa shape index (κ3) is 6.94. The second-order valence-electron chi connectivity index (χ2n) is 8.24. The number of thioether (sulfide) groups is 1. The highest BCUT2D eigenvalue weighted by Gasteiger charge is 2.21. The molecule has 1 atom stereocenters. The van der Waals surface area contributed by atoms with Crippen LogP contribution in [-0.2, 0) is 22.6 Å². The molecule has 1 amide bonds. The molecule has 1 aliphatic rings. The van der Waals surface area contributed by atoms with E-state index in [2.05, 4.69) is 51.3 Å². The molecule has 0 radical (unpaired) electrons. The maximum atomic E-state index is 12.6. The standard InChI is InChI=1S/C26H31N5O3S/c1-3-13-31-25(21-9-11-22(33-2)12-10-21)28-29-26(31)35-19-24(32)27-16-23-18-30(14-15-34-23)17-20-7-5-4-6-8-20/h3-12,23H,1,13-19H2,2H3,(H,27,32). The number of methoxy groups -OCH3 is 1. The van der Waals surface area contributed by atoms with E-state index < -0.39 is 0 Å². The van der Waals surface area contributed by atoms with E-state index in [1.807, 2.05) is 34.9 Å². The fraction of sp³-hybridized carbons (Fsp3) is 0.346. The van der Waals surface area contributed by atoms with Crippen molar-refractivity contribution in [3.8, 4) is 17.1 Å². The van der Waals surface area contributed by atoms with E-state index in [0.29, 0.717) is 24.9 Å². The number of allylic oxidation sites excluding steroid dienone is 1. The summed E-state index contributed by atoms with van der Waals surface area (Å²) in [6.07, 6.45) is 1.77. The van der Waals surface area contributed by atoms with Crippen molar-refractivity contribution in [3.05, 3.63) is 72.8 Å². The molecule has 1 N–H and O–H groups in total. The maximum Gasteiger partial charge on any atom is 0.230 e. The number of hydrogen-bond donors (Lipinski definition) is 1. The predicted molar refractivity (Wildman–Crippen MR) is 137 cm³/mol. The number of aromatic nitrogens is 3. The molecule has 1 fully saturated rings. The summed E-state index contributed by atoms with van der Waals surface area (Å²) < 4.78 is 13.1. The predicted octanol–water partition coefficient (Wildman–Crippen LogP) is 3.25. The highest BCUT2D eigenvalue weighted by molar-refractivity contribution is 7.99. The van der Waals surface area contributed by atoms with Gasteiger partial charge in [-0.2, -0.15) is 0 Å². The SMILES string of the molecule is C=CCn1c(SCC(=O)NCC2CN(Cc3ccccc3)CCO2)nnc1-c1ccc(OC)cc1. The van der Waals surface area contributed by atoms with Crippen molar-refractivity contribution in [2.24, 2.45) is 0 Å². The third-order valence-corrected chi connectivity index (χ3v) is 6.67. The first-order chi connectivity index (χ1) is 17.2. The van der Waals surface area contributed by atoms with E-state index in [4.69, 9.17) is 9.47 Å². The van der Waals surface area contributed by atoms with Crippen LogP contribution in [0.5, 0.6) is 5.75 Å². The highest BCUT2D eigenvalue weighted by Crippen LogP contribution is 2.25. The molecule has 4 rings (SSSR count). The molecular weight excluding hydrogens is 462 g/mol. The second kappa shape index (κ2) is 12.5. The van der Waals surface area contributed by atoms with Gasteiger partial charge in [0, 0.05) is 38.3 Å². The average molecular weight is 494 g/mol. The van der Waals surface area contributed by atoms with Crippen LogP contribution in [0.25, 0.3) is 11.4 Å². The molecule has 8 nitrogen and oxygen atoms in total. The summed E-state index contributed by atoms with van der Waals surface area (Å²) in [5.41, 5.74) is 2.21. The fourth-order valence-electron chi connectivity index (χ4n) is 3.94. The van der Waals surface area contributed by atoms with Crippen LogP contribution in [0.2, 0.25) is 0 Å². The molecule has 0 bridgehead atoms.